The van der Waals surface area contributed by atoms with Crippen LogP contribution in [0.25, 0.3) is 0 Å². The summed E-state index contributed by atoms with van der Waals surface area (Å²) < 4.78 is 25.8. The van der Waals surface area contributed by atoms with Crippen molar-refractivity contribution >= 4 is 23.7 Å². The van der Waals surface area contributed by atoms with E-state index in [1.807, 2.05) is 39.8 Å². The van der Waals surface area contributed by atoms with E-state index >= 15 is 0 Å². The smallest absolute Gasteiger partial charge is 0.338 e. The molecular formula is C24H27FO4S. The highest BCUT2D eigenvalue weighted by Gasteiger charge is 2.45. The number of hydrogen-bond acceptors (Lipinski definition) is 5. The van der Waals surface area contributed by atoms with Crippen molar-refractivity contribution in [2.75, 3.05) is 6.61 Å². The highest BCUT2D eigenvalue weighted by Crippen LogP contribution is 2.38. The second-order valence-electron chi connectivity index (χ2n) is 8.05. The molecule has 4 atom stereocenters. The third kappa shape index (κ3) is 5.22. The molecule has 3 rings (SSSR count). The lowest BCUT2D eigenvalue weighted by atomic mass is 10.1. The van der Waals surface area contributed by atoms with Crippen LogP contribution in [0.5, 0.6) is 0 Å². The molecule has 1 heterocycles. The molecule has 1 saturated heterocycles. The van der Waals surface area contributed by atoms with Gasteiger partial charge in [0, 0.05) is 5.25 Å². The molecule has 6 heteroatoms. The molecule has 0 bridgehead atoms. The Morgan fingerprint density at radius 1 is 0.867 bits per heavy atom. The number of halogens is 1. The van der Waals surface area contributed by atoms with Crippen LogP contribution >= 0.6 is 11.8 Å². The van der Waals surface area contributed by atoms with Crippen molar-refractivity contribution in [3.8, 4) is 0 Å². The zero-order valence-corrected chi connectivity index (χ0v) is 18.7. The van der Waals surface area contributed by atoms with Crippen LogP contribution in [-0.2, 0) is 9.47 Å². The predicted molar refractivity (Wildman–Crippen MR) is 117 cm³/mol. The maximum absolute atomic E-state index is 14.8. The number of esters is 2. The number of carbonyl (C=O) groups is 2. The van der Waals surface area contributed by atoms with Crippen molar-refractivity contribution in [3.05, 3.63) is 69.8 Å². The number of ether oxygens (including phenoxy) is 2. The van der Waals surface area contributed by atoms with Crippen LogP contribution in [0.1, 0.15) is 49.9 Å². The Bertz CT molecular complexity index is 918. The van der Waals surface area contributed by atoms with E-state index in [1.165, 1.54) is 11.8 Å². The van der Waals surface area contributed by atoms with Gasteiger partial charge in [0.25, 0.3) is 0 Å². The van der Waals surface area contributed by atoms with Crippen LogP contribution in [0, 0.1) is 27.7 Å². The fourth-order valence-corrected chi connectivity index (χ4v) is 5.16. The molecule has 1 unspecified atom stereocenters. The quantitative estimate of drug-likeness (QED) is 0.615. The zero-order chi connectivity index (χ0) is 22.0. The molecule has 0 radical (unpaired) electrons. The molecule has 0 spiro atoms. The number of hydrogen-bond donors (Lipinski definition) is 0. The summed E-state index contributed by atoms with van der Waals surface area (Å²) >= 11 is 1.34. The van der Waals surface area contributed by atoms with Gasteiger partial charge in [-0.05, 0) is 52.0 Å². The van der Waals surface area contributed by atoms with Gasteiger partial charge >= 0.3 is 11.9 Å². The summed E-state index contributed by atoms with van der Waals surface area (Å²) in [4.78, 5) is 25.1. The normalized spacial score (nSPS) is 23.3. The molecule has 4 nitrogen and oxygen atoms in total. The lowest BCUT2D eigenvalue weighted by molar-refractivity contribution is 0.00206. The van der Waals surface area contributed by atoms with Crippen LogP contribution < -0.4 is 0 Å². The van der Waals surface area contributed by atoms with Crippen molar-refractivity contribution in [2.24, 2.45) is 0 Å². The van der Waals surface area contributed by atoms with E-state index in [2.05, 4.69) is 0 Å². The van der Waals surface area contributed by atoms with E-state index in [-0.39, 0.29) is 11.9 Å². The van der Waals surface area contributed by atoms with E-state index in [0.29, 0.717) is 11.1 Å². The molecule has 0 aliphatic carbocycles. The third-order valence-corrected chi connectivity index (χ3v) is 6.50. The summed E-state index contributed by atoms with van der Waals surface area (Å²) in [5.74, 6) is -1.02. The van der Waals surface area contributed by atoms with Gasteiger partial charge in [-0.15, -0.1) is 11.8 Å². The topological polar surface area (TPSA) is 52.6 Å². The second-order valence-corrected chi connectivity index (χ2v) is 9.67. The maximum Gasteiger partial charge on any atom is 0.338 e. The molecule has 30 heavy (non-hydrogen) atoms. The van der Waals surface area contributed by atoms with Crippen molar-refractivity contribution in [1.82, 2.24) is 0 Å². The first kappa shape index (κ1) is 22.3. The van der Waals surface area contributed by atoms with Gasteiger partial charge in [-0.25, -0.2) is 14.0 Å². The fraction of sp³-hybridized carbons (Fsp3) is 0.417. The average molecular weight is 431 g/mol. The molecule has 1 aliphatic rings. The lowest BCUT2D eigenvalue weighted by Gasteiger charge is -2.21. The molecule has 1 fully saturated rings. The standard InChI is InChI=1S/C24H27FO4S/c1-13-6-14(2)9-18(8-13)23(26)28-12-20-22(21(25)17(5)30-20)29-24(27)19-10-15(3)7-16(4)11-19/h6-11,17,20-22H,12H2,1-5H3/t17?,20-,21-,22-/m1/s1. The zero-order valence-electron chi connectivity index (χ0n) is 17.9. The van der Waals surface area contributed by atoms with E-state index in [0.717, 1.165) is 22.3 Å². The average Bonchev–Trinajstić information content (AvgIpc) is 2.92. The van der Waals surface area contributed by atoms with E-state index < -0.39 is 29.5 Å². The molecular weight excluding hydrogens is 403 g/mol. The van der Waals surface area contributed by atoms with Gasteiger partial charge in [0.15, 0.2) is 0 Å². The summed E-state index contributed by atoms with van der Waals surface area (Å²) in [5.41, 5.74) is 4.67. The second kappa shape index (κ2) is 9.21. The van der Waals surface area contributed by atoms with Gasteiger partial charge in [0.05, 0.1) is 16.4 Å². The monoisotopic (exact) mass is 430 g/mol. The van der Waals surface area contributed by atoms with Crippen LogP contribution in [-0.4, -0.2) is 41.3 Å². The number of aryl methyl sites for hydroxylation is 4. The summed E-state index contributed by atoms with van der Waals surface area (Å²) in [6, 6.07) is 10.9. The minimum absolute atomic E-state index is 0.0218. The summed E-state index contributed by atoms with van der Waals surface area (Å²) in [5, 5.41) is -0.813. The highest BCUT2D eigenvalue weighted by atomic mass is 32.2. The fourth-order valence-electron chi connectivity index (χ4n) is 3.79. The van der Waals surface area contributed by atoms with Gasteiger partial charge in [0.1, 0.15) is 18.9 Å². The first-order valence-corrected chi connectivity index (χ1v) is 10.9. The Labute approximate surface area is 181 Å². The van der Waals surface area contributed by atoms with Crippen LogP contribution in [0.2, 0.25) is 0 Å². The highest BCUT2D eigenvalue weighted by molar-refractivity contribution is 8.00. The number of rotatable bonds is 5. The Kier molecular flexibility index (Phi) is 6.86. The summed E-state index contributed by atoms with van der Waals surface area (Å²) in [6.45, 7) is 9.34. The first-order valence-electron chi connectivity index (χ1n) is 9.98. The van der Waals surface area contributed by atoms with Gasteiger partial charge < -0.3 is 9.47 Å². The van der Waals surface area contributed by atoms with Crippen molar-refractivity contribution < 1.29 is 23.5 Å². The Morgan fingerprint density at radius 3 is 1.83 bits per heavy atom. The Morgan fingerprint density at radius 2 is 1.33 bits per heavy atom. The van der Waals surface area contributed by atoms with E-state index in [9.17, 15) is 14.0 Å². The van der Waals surface area contributed by atoms with E-state index in [1.54, 1.807) is 31.2 Å². The summed E-state index contributed by atoms with van der Waals surface area (Å²) in [6.07, 6.45) is -2.29. The van der Waals surface area contributed by atoms with Crippen molar-refractivity contribution in [1.29, 1.82) is 0 Å². The number of alkyl halides is 1. The molecule has 0 N–H and O–H groups in total. The van der Waals surface area contributed by atoms with Gasteiger partial charge in [-0.3, -0.25) is 0 Å². The number of thioether (sulfide) groups is 1. The lowest BCUT2D eigenvalue weighted by Crippen LogP contribution is -2.36. The molecule has 0 amide bonds. The molecule has 2 aromatic carbocycles. The largest absolute Gasteiger partial charge is 0.461 e. The van der Waals surface area contributed by atoms with Crippen molar-refractivity contribution in [2.45, 2.75) is 57.4 Å². The minimum atomic E-state index is -1.32. The third-order valence-electron chi connectivity index (χ3n) is 5.05. The minimum Gasteiger partial charge on any atom is -0.461 e. The number of benzene rings is 2. The van der Waals surface area contributed by atoms with Crippen molar-refractivity contribution in [3.63, 3.8) is 0 Å². The maximum atomic E-state index is 14.8. The molecule has 1 aliphatic heterocycles. The number of carbonyl (C=O) groups excluding carboxylic acids is 2. The first-order chi connectivity index (χ1) is 14.1. The summed E-state index contributed by atoms with van der Waals surface area (Å²) in [7, 11) is 0. The van der Waals surface area contributed by atoms with Crippen LogP contribution in [0.15, 0.2) is 36.4 Å². The van der Waals surface area contributed by atoms with Crippen LogP contribution in [0.4, 0.5) is 4.39 Å². The molecule has 0 aromatic heterocycles. The Balaban J connectivity index is 1.69. The van der Waals surface area contributed by atoms with Crippen LogP contribution in [0.3, 0.4) is 0 Å². The molecule has 2 aromatic rings. The SMILES string of the molecule is Cc1cc(C)cc(C(=O)OC[C@H]2SC(C)[C@@H](F)[C@@H]2OC(=O)c2cc(C)cc(C)c2)c1. The Hall–Kier alpha value is -2.34. The molecule has 160 valence electrons. The van der Waals surface area contributed by atoms with Gasteiger partial charge in [0.2, 0.25) is 0 Å². The molecule has 0 saturated carbocycles. The van der Waals surface area contributed by atoms with Gasteiger partial charge in [-0.1, -0.05) is 41.3 Å². The predicted octanol–water partition coefficient (Wildman–Crippen LogP) is 5.14. The van der Waals surface area contributed by atoms with Gasteiger partial charge in [-0.2, -0.15) is 0 Å². The van der Waals surface area contributed by atoms with E-state index in [4.69, 9.17) is 9.47 Å².